The van der Waals surface area contributed by atoms with Crippen molar-refractivity contribution in [1.82, 2.24) is 0 Å². The summed E-state index contributed by atoms with van der Waals surface area (Å²) in [5.41, 5.74) is 18.4. The van der Waals surface area contributed by atoms with Gasteiger partial charge in [-0.3, -0.25) is 0 Å². The highest BCUT2D eigenvalue weighted by Crippen LogP contribution is 2.61. The Labute approximate surface area is 346 Å². The van der Waals surface area contributed by atoms with Gasteiger partial charge >= 0.3 is 0 Å². The van der Waals surface area contributed by atoms with Gasteiger partial charge in [0, 0.05) is 44.5 Å². The molecule has 0 saturated heterocycles. The zero-order chi connectivity index (χ0) is 39.7. The Morgan fingerprint density at radius 1 is 0.390 bits per heavy atom. The van der Waals surface area contributed by atoms with Gasteiger partial charge in [-0.15, -0.1) is 0 Å². The van der Waals surface area contributed by atoms with Crippen LogP contribution in [0.1, 0.15) is 48.6 Å². The molecule has 0 amide bonds. The van der Waals surface area contributed by atoms with Crippen LogP contribution >= 0.6 is 0 Å². The minimum absolute atomic E-state index is 0.158. The van der Waals surface area contributed by atoms with Crippen LogP contribution in [-0.2, 0) is 10.8 Å². The molecule has 282 valence electrons. The molecule has 0 aliphatic heterocycles. The van der Waals surface area contributed by atoms with Crippen LogP contribution in [0.2, 0.25) is 0 Å². The maximum absolute atomic E-state index is 7.41. The van der Waals surface area contributed by atoms with Crippen molar-refractivity contribution in [2.45, 2.75) is 31.6 Å². The minimum Gasteiger partial charge on any atom is -0.455 e. The molecule has 0 N–H and O–H groups in total. The molecular formula is C57H43NO. The fourth-order valence-corrected chi connectivity index (χ4v) is 10.1. The standard InChI is InChI=1S/C57H43NO/c1-56(2)48-31-16-13-28-44(48)45-35-34-43(37-50(45)56)58(42-27-19-24-40(36-42)38-20-7-4-8-21-38)51-33-18-15-30-47(51)55-53-52(54(59-55)39-22-9-5-10-23-39)46-29-14-17-32-49(46)57(53,3)41-25-11-6-12-26-41/h4-37H,1-3H3. The normalized spacial score (nSPS) is 15.6. The highest BCUT2D eigenvalue weighted by molar-refractivity contribution is 5.99. The van der Waals surface area contributed by atoms with Crippen molar-refractivity contribution < 1.29 is 4.42 Å². The van der Waals surface area contributed by atoms with Crippen LogP contribution < -0.4 is 4.90 Å². The molecule has 1 aromatic heterocycles. The number of furan rings is 1. The number of para-hydroxylation sites is 1. The van der Waals surface area contributed by atoms with Crippen LogP contribution in [0.4, 0.5) is 17.1 Å². The molecule has 0 spiro atoms. The molecule has 2 heteroatoms. The van der Waals surface area contributed by atoms with Crippen molar-refractivity contribution in [2.75, 3.05) is 4.90 Å². The third-order valence-electron chi connectivity index (χ3n) is 13.0. The third-order valence-corrected chi connectivity index (χ3v) is 13.0. The number of fused-ring (bicyclic) bond motifs is 6. The van der Waals surface area contributed by atoms with Gasteiger partial charge in [-0.25, -0.2) is 0 Å². The van der Waals surface area contributed by atoms with Gasteiger partial charge in [-0.1, -0.05) is 184 Å². The van der Waals surface area contributed by atoms with Crippen LogP contribution in [-0.4, -0.2) is 0 Å². The predicted octanol–water partition coefficient (Wildman–Crippen LogP) is 15.4. The molecule has 11 rings (SSSR count). The average Bonchev–Trinajstić information content (AvgIpc) is 3.90. The summed E-state index contributed by atoms with van der Waals surface area (Å²) in [6.45, 7) is 7.09. The molecule has 1 atom stereocenters. The molecule has 2 aliphatic rings. The summed E-state index contributed by atoms with van der Waals surface area (Å²) < 4.78 is 7.41. The van der Waals surface area contributed by atoms with E-state index >= 15 is 0 Å². The highest BCUT2D eigenvalue weighted by Gasteiger charge is 2.47. The monoisotopic (exact) mass is 757 g/mol. The molecule has 1 unspecified atom stereocenters. The Bertz CT molecular complexity index is 3030. The number of hydrogen-bond donors (Lipinski definition) is 0. The number of anilines is 3. The molecule has 0 radical (unpaired) electrons. The third kappa shape index (κ3) is 5.33. The van der Waals surface area contributed by atoms with E-state index in [1.54, 1.807) is 0 Å². The van der Waals surface area contributed by atoms with Crippen LogP contribution in [0.15, 0.2) is 211 Å². The second kappa shape index (κ2) is 13.5. The van der Waals surface area contributed by atoms with Crippen LogP contribution in [0.5, 0.6) is 0 Å². The second-order valence-electron chi connectivity index (χ2n) is 16.6. The summed E-state index contributed by atoms with van der Waals surface area (Å²) in [6.07, 6.45) is 0. The molecule has 8 aromatic carbocycles. The Balaban J connectivity index is 1.19. The average molecular weight is 758 g/mol. The lowest BCUT2D eigenvalue weighted by Crippen LogP contribution is -2.23. The number of benzene rings is 8. The SMILES string of the molecule is CC1(C)c2ccccc2-c2ccc(N(c3cccc(-c4ccccc4)c3)c3ccccc3-c3oc(-c4ccccc4)c4c3C(C)(c3ccccc3)c3ccccc3-4)cc21. The van der Waals surface area contributed by atoms with Crippen molar-refractivity contribution in [3.63, 3.8) is 0 Å². The summed E-state index contributed by atoms with van der Waals surface area (Å²) >= 11 is 0. The summed E-state index contributed by atoms with van der Waals surface area (Å²) in [6, 6.07) is 74.8. The van der Waals surface area contributed by atoms with Crippen LogP contribution in [0.25, 0.3) is 56.0 Å². The lowest BCUT2D eigenvalue weighted by Gasteiger charge is -2.31. The van der Waals surface area contributed by atoms with E-state index in [9.17, 15) is 0 Å². The Kier molecular flexibility index (Phi) is 8.00. The van der Waals surface area contributed by atoms with Gasteiger partial charge in [-0.2, -0.15) is 0 Å². The van der Waals surface area contributed by atoms with E-state index in [0.29, 0.717) is 0 Å². The molecule has 2 aliphatic carbocycles. The first-order chi connectivity index (χ1) is 28.9. The quantitative estimate of drug-likeness (QED) is 0.161. The molecule has 0 saturated carbocycles. The maximum Gasteiger partial charge on any atom is 0.142 e. The van der Waals surface area contributed by atoms with Gasteiger partial charge in [0.15, 0.2) is 0 Å². The summed E-state index contributed by atoms with van der Waals surface area (Å²) in [5, 5.41) is 0. The Hall–Kier alpha value is -7.16. The maximum atomic E-state index is 7.41. The van der Waals surface area contributed by atoms with Gasteiger partial charge in [-0.05, 0) is 93.4 Å². The van der Waals surface area contributed by atoms with E-state index in [0.717, 1.165) is 50.8 Å². The van der Waals surface area contributed by atoms with E-state index in [4.69, 9.17) is 4.42 Å². The topological polar surface area (TPSA) is 16.4 Å². The van der Waals surface area contributed by atoms with Gasteiger partial charge in [0.2, 0.25) is 0 Å². The Morgan fingerprint density at radius 3 is 1.69 bits per heavy atom. The van der Waals surface area contributed by atoms with Gasteiger partial charge in [0.25, 0.3) is 0 Å². The zero-order valence-electron chi connectivity index (χ0n) is 33.5. The van der Waals surface area contributed by atoms with E-state index in [1.807, 2.05) is 0 Å². The summed E-state index contributed by atoms with van der Waals surface area (Å²) in [4.78, 5) is 2.44. The molecular weight excluding hydrogens is 715 g/mol. The molecule has 2 nitrogen and oxygen atoms in total. The van der Waals surface area contributed by atoms with E-state index < -0.39 is 5.41 Å². The van der Waals surface area contributed by atoms with Crippen molar-refractivity contribution in [2.24, 2.45) is 0 Å². The van der Waals surface area contributed by atoms with Crippen molar-refractivity contribution >= 4 is 17.1 Å². The minimum atomic E-state index is -0.479. The lowest BCUT2D eigenvalue weighted by atomic mass is 9.73. The second-order valence-corrected chi connectivity index (χ2v) is 16.6. The first-order valence-corrected chi connectivity index (χ1v) is 20.6. The molecule has 0 bridgehead atoms. The predicted molar refractivity (Wildman–Crippen MR) is 245 cm³/mol. The van der Waals surface area contributed by atoms with E-state index in [1.165, 1.54) is 50.1 Å². The van der Waals surface area contributed by atoms with Crippen molar-refractivity contribution in [3.8, 4) is 56.0 Å². The van der Waals surface area contributed by atoms with Gasteiger partial charge in [0.05, 0.1) is 5.69 Å². The van der Waals surface area contributed by atoms with E-state index in [-0.39, 0.29) is 5.41 Å². The van der Waals surface area contributed by atoms with E-state index in [2.05, 4.69) is 232 Å². The zero-order valence-corrected chi connectivity index (χ0v) is 33.5. The smallest absolute Gasteiger partial charge is 0.142 e. The van der Waals surface area contributed by atoms with Crippen molar-refractivity contribution in [1.29, 1.82) is 0 Å². The van der Waals surface area contributed by atoms with Crippen LogP contribution in [0.3, 0.4) is 0 Å². The lowest BCUT2D eigenvalue weighted by molar-refractivity contribution is 0.583. The van der Waals surface area contributed by atoms with Crippen molar-refractivity contribution in [3.05, 3.63) is 234 Å². The summed E-state index contributed by atoms with van der Waals surface area (Å²) in [7, 11) is 0. The Morgan fingerprint density at radius 2 is 0.949 bits per heavy atom. The molecule has 9 aromatic rings. The fraction of sp³-hybridized carbons (Fsp3) is 0.0877. The largest absolute Gasteiger partial charge is 0.455 e. The molecule has 0 fully saturated rings. The number of rotatable bonds is 7. The van der Waals surface area contributed by atoms with Crippen LogP contribution in [0, 0.1) is 0 Å². The first kappa shape index (κ1) is 35.0. The molecule has 59 heavy (non-hydrogen) atoms. The first-order valence-electron chi connectivity index (χ1n) is 20.6. The van der Waals surface area contributed by atoms with Gasteiger partial charge < -0.3 is 9.32 Å². The summed E-state index contributed by atoms with van der Waals surface area (Å²) in [5.74, 6) is 1.78. The number of hydrogen-bond acceptors (Lipinski definition) is 2. The fourth-order valence-electron chi connectivity index (χ4n) is 10.1. The highest BCUT2D eigenvalue weighted by atomic mass is 16.3. The number of nitrogens with zero attached hydrogens (tertiary/aromatic N) is 1. The molecule has 1 heterocycles. The van der Waals surface area contributed by atoms with Gasteiger partial charge in [0.1, 0.15) is 11.5 Å².